The molecule has 0 atom stereocenters. The molecule has 0 radical (unpaired) electrons. The van der Waals surface area contributed by atoms with Gasteiger partial charge in [0.1, 0.15) is 5.82 Å². The molecule has 3 nitrogen and oxygen atoms in total. The van der Waals surface area contributed by atoms with Gasteiger partial charge in [-0.1, -0.05) is 28.8 Å². The molecule has 98 valence electrons. The molecule has 3 N–H and O–H groups in total. The van der Waals surface area contributed by atoms with Crippen molar-refractivity contribution in [1.29, 1.82) is 0 Å². The molecular formula is C13H17BrFN3. The van der Waals surface area contributed by atoms with Crippen molar-refractivity contribution in [2.45, 2.75) is 38.3 Å². The molecule has 1 aromatic rings. The van der Waals surface area contributed by atoms with Gasteiger partial charge in [-0.15, -0.1) is 0 Å². The zero-order valence-corrected chi connectivity index (χ0v) is 11.7. The summed E-state index contributed by atoms with van der Waals surface area (Å²) >= 11 is 3.26. The number of guanidine groups is 1. The first-order chi connectivity index (χ1) is 8.63. The van der Waals surface area contributed by atoms with Gasteiger partial charge in [0.15, 0.2) is 5.96 Å². The second-order valence-corrected chi connectivity index (χ2v) is 5.52. The van der Waals surface area contributed by atoms with E-state index in [2.05, 4.69) is 26.2 Å². The fourth-order valence-electron chi connectivity index (χ4n) is 2.20. The highest BCUT2D eigenvalue weighted by atomic mass is 79.9. The molecule has 18 heavy (non-hydrogen) atoms. The second kappa shape index (κ2) is 6.18. The number of hydrogen-bond donors (Lipinski definition) is 2. The molecule has 1 aliphatic carbocycles. The van der Waals surface area contributed by atoms with Gasteiger partial charge in [-0.2, -0.15) is 0 Å². The maximum atomic E-state index is 13.2. The van der Waals surface area contributed by atoms with E-state index in [1.807, 2.05) is 6.07 Å². The quantitative estimate of drug-likeness (QED) is 0.666. The zero-order valence-electron chi connectivity index (χ0n) is 10.1. The Hall–Kier alpha value is -1.10. The smallest absolute Gasteiger partial charge is 0.189 e. The van der Waals surface area contributed by atoms with Gasteiger partial charge in [0.2, 0.25) is 0 Å². The number of aliphatic imine (C=N–C) groups is 1. The summed E-state index contributed by atoms with van der Waals surface area (Å²) in [5.74, 6) is 0.180. The topological polar surface area (TPSA) is 50.4 Å². The largest absolute Gasteiger partial charge is 0.370 e. The highest BCUT2D eigenvalue weighted by Crippen LogP contribution is 2.17. The molecule has 0 aliphatic heterocycles. The van der Waals surface area contributed by atoms with E-state index in [9.17, 15) is 4.39 Å². The minimum absolute atomic E-state index is 0.267. The van der Waals surface area contributed by atoms with Crippen LogP contribution in [0.25, 0.3) is 0 Å². The molecule has 0 heterocycles. The maximum absolute atomic E-state index is 13.2. The van der Waals surface area contributed by atoms with Crippen molar-refractivity contribution in [2.75, 3.05) is 0 Å². The standard InChI is InChI=1S/C13H17BrFN3/c14-10-5-9(6-11(15)7-10)8-17-13(16)18-12-3-1-2-4-12/h5-7,12H,1-4,8H2,(H3,16,17,18). The molecule has 1 aliphatic rings. The van der Waals surface area contributed by atoms with Crippen molar-refractivity contribution in [3.63, 3.8) is 0 Å². The first kappa shape index (κ1) is 13.3. The number of benzene rings is 1. The summed E-state index contributed by atoms with van der Waals surface area (Å²) in [5, 5.41) is 3.20. The van der Waals surface area contributed by atoms with Gasteiger partial charge in [-0.05, 0) is 36.6 Å². The van der Waals surface area contributed by atoms with Gasteiger partial charge in [0.25, 0.3) is 0 Å². The minimum Gasteiger partial charge on any atom is -0.370 e. The van der Waals surface area contributed by atoms with E-state index in [0.717, 1.165) is 22.9 Å². The van der Waals surface area contributed by atoms with E-state index in [-0.39, 0.29) is 5.82 Å². The average molecular weight is 314 g/mol. The summed E-state index contributed by atoms with van der Waals surface area (Å²) in [5.41, 5.74) is 6.61. The third-order valence-electron chi connectivity index (χ3n) is 3.06. The average Bonchev–Trinajstić information content (AvgIpc) is 2.78. The van der Waals surface area contributed by atoms with E-state index < -0.39 is 0 Å². The third-order valence-corrected chi connectivity index (χ3v) is 3.52. The zero-order chi connectivity index (χ0) is 13.0. The molecule has 0 spiro atoms. The van der Waals surface area contributed by atoms with E-state index in [4.69, 9.17) is 5.73 Å². The van der Waals surface area contributed by atoms with Crippen molar-refractivity contribution >= 4 is 21.9 Å². The first-order valence-corrected chi connectivity index (χ1v) is 6.94. The summed E-state index contributed by atoms with van der Waals surface area (Å²) in [6.45, 7) is 0.391. The highest BCUT2D eigenvalue weighted by Gasteiger charge is 2.14. The molecule has 0 bridgehead atoms. The van der Waals surface area contributed by atoms with Gasteiger partial charge in [0.05, 0.1) is 6.54 Å². The lowest BCUT2D eigenvalue weighted by molar-refractivity contribution is 0.621. The van der Waals surface area contributed by atoms with E-state index in [0.29, 0.717) is 18.5 Å². The SMILES string of the molecule is NC(=NCc1cc(F)cc(Br)c1)NC1CCCC1. The summed E-state index contributed by atoms with van der Waals surface area (Å²) in [7, 11) is 0. The molecule has 0 aromatic heterocycles. The number of rotatable bonds is 3. The normalized spacial score (nSPS) is 17.1. The van der Waals surface area contributed by atoms with Crippen LogP contribution < -0.4 is 11.1 Å². The Labute approximate surface area is 115 Å². The highest BCUT2D eigenvalue weighted by molar-refractivity contribution is 9.10. The monoisotopic (exact) mass is 313 g/mol. The number of hydrogen-bond acceptors (Lipinski definition) is 1. The Morgan fingerprint density at radius 1 is 1.39 bits per heavy atom. The van der Waals surface area contributed by atoms with E-state index in [1.165, 1.54) is 25.0 Å². The van der Waals surface area contributed by atoms with Crippen LogP contribution in [0.5, 0.6) is 0 Å². The Kier molecular flexibility index (Phi) is 4.58. The lowest BCUT2D eigenvalue weighted by Crippen LogP contribution is -2.38. The van der Waals surface area contributed by atoms with Crippen molar-refractivity contribution in [2.24, 2.45) is 10.7 Å². The molecule has 0 saturated heterocycles. The third kappa shape index (κ3) is 3.98. The summed E-state index contributed by atoms with van der Waals surface area (Å²) in [6, 6.07) is 5.19. The lowest BCUT2D eigenvalue weighted by atomic mass is 10.2. The Morgan fingerprint density at radius 3 is 2.78 bits per heavy atom. The lowest BCUT2D eigenvalue weighted by Gasteiger charge is -2.12. The predicted octanol–water partition coefficient (Wildman–Crippen LogP) is 2.94. The fraction of sp³-hybridized carbons (Fsp3) is 0.462. The molecule has 5 heteroatoms. The molecular weight excluding hydrogens is 297 g/mol. The molecule has 2 rings (SSSR count). The Morgan fingerprint density at radius 2 is 2.11 bits per heavy atom. The number of halogens is 2. The fourth-order valence-corrected chi connectivity index (χ4v) is 2.72. The van der Waals surface area contributed by atoms with Crippen molar-refractivity contribution < 1.29 is 4.39 Å². The molecule has 0 amide bonds. The van der Waals surface area contributed by atoms with Crippen molar-refractivity contribution in [1.82, 2.24) is 5.32 Å². The summed E-state index contributed by atoms with van der Waals surface area (Å²) < 4.78 is 13.9. The van der Waals surface area contributed by atoms with Crippen LogP contribution in [0.3, 0.4) is 0 Å². The van der Waals surface area contributed by atoms with Crippen LogP contribution in [0.15, 0.2) is 27.7 Å². The Bertz CT molecular complexity index is 422. The van der Waals surface area contributed by atoms with Crippen LogP contribution in [0.2, 0.25) is 0 Å². The van der Waals surface area contributed by atoms with E-state index >= 15 is 0 Å². The van der Waals surface area contributed by atoms with Gasteiger partial charge in [-0.25, -0.2) is 9.38 Å². The minimum atomic E-state index is -0.267. The number of nitrogens with zero attached hydrogens (tertiary/aromatic N) is 1. The van der Waals surface area contributed by atoms with E-state index in [1.54, 1.807) is 0 Å². The number of nitrogens with one attached hydrogen (secondary N) is 1. The van der Waals surface area contributed by atoms with Crippen molar-refractivity contribution in [3.05, 3.63) is 34.1 Å². The summed E-state index contributed by atoms with van der Waals surface area (Å²) in [6.07, 6.45) is 4.81. The van der Waals surface area contributed by atoms with Crippen LogP contribution in [0.1, 0.15) is 31.2 Å². The molecule has 1 aromatic carbocycles. The molecule has 0 unspecified atom stereocenters. The molecule has 1 saturated carbocycles. The first-order valence-electron chi connectivity index (χ1n) is 6.15. The Balaban J connectivity index is 1.92. The number of nitrogens with two attached hydrogens (primary N) is 1. The van der Waals surface area contributed by atoms with Crippen LogP contribution >= 0.6 is 15.9 Å². The maximum Gasteiger partial charge on any atom is 0.189 e. The van der Waals surface area contributed by atoms with Crippen LogP contribution in [-0.4, -0.2) is 12.0 Å². The van der Waals surface area contributed by atoms with Crippen molar-refractivity contribution in [3.8, 4) is 0 Å². The molecule has 1 fully saturated rings. The van der Waals surface area contributed by atoms with Gasteiger partial charge < -0.3 is 11.1 Å². The van der Waals surface area contributed by atoms with Crippen LogP contribution in [-0.2, 0) is 6.54 Å². The van der Waals surface area contributed by atoms with Gasteiger partial charge in [0, 0.05) is 10.5 Å². The van der Waals surface area contributed by atoms with Crippen LogP contribution in [0.4, 0.5) is 4.39 Å². The predicted molar refractivity (Wildman–Crippen MR) is 74.8 cm³/mol. The van der Waals surface area contributed by atoms with Crippen LogP contribution in [0, 0.1) is 5.82 Å². The van der Waals surface area contributed by atoms with Gasteiger partial charge >= 0.3 is 0 Å². The summed E-state index contributed by atoms with van der Waals surface area (Å²) in [4.78, 5) is 4.24. The van der Waals surface area contributed by atoms with Gasteiger partial charge in [-0.3, -0.25) is 0 Å². The second-order valence-electron chi connectivity index (χ2n) is 4.60.